The number of benzene rings is 1. The van der Waals surface area contributed by atoms with Crippen LogP contribution in [0, 0.1) is 12.3 Å². The van der Waals surface area contributed by atoms with Crippen LogP contribution in [-0.4, -0.2) is 28.9 Å². The van der Waals surface area contributed by atoms with E-state index in [9.17, 15) is 4.79 Å². The molecule has 29 heavy (non-hydrogen) atoms. The Bertz CT molecular complexity index is 715. The summed E-state index contributed by atoms with van der Waals surface area (Å²) in [6.45, 7) is 6.62. The molecule has 0 radical (unpaired) electrons. The van der Waals surface area contributed by atoms with Crippen LogP contribution in [0.15, 0.2) is 53.7 Å². The first-order valence-electron chi connectivity index (χ1n) is 8.76. The van der Waals surface area contributed by atoms with E-state index in [4.69, 9.17) is 9.36 Å². The molecule has 0 spiro atoms. The highest BCUT2D eigenvalue weighted by molar-refractivity contribution is 14.2. The Morgan fingerprint density at radius 1 is 1.34 bits per heavy atom. The third-order valence-electron chi connectivity index (χ3n) is 2.90. The molecule has 1 atom stereocenters. The van der Waals surface area contributed by atoms with E-state index in [2.05, 4.69) is 44.8 Å². The number of aromatic nitrogens is 1. The van der Waals surface area contributed by atoms with Gasteiger partial charge in [0.05, 0.1) is 13.7 Å². The van der Waals surface area contributed by atoms with Crippen LogP contribution in [0.4, 0.5) is 0 Å². The molecule has 0 bridgehead atoms. The van der Waals surface area contributed by atoms with E-state index in [0.29, 0.717) is 6.54 Å². The summed E-state index contributed by atoms with van der Waals surface area (Å²) >= 11 is 3.55. The monoisotopic (exact) mass is 547 g/mol. The third-order valence-corrected chi connectivity index (χ3v) is 4.74. The summed E-state index contributed by atoms with van der Waals surface area (Å²) in [7, 11) is 1.63. The number of amides is 1. The maximum Gasteiger partial charge on any atom is 0.258 e. The maximum absolute atomic E-state index is 12.0. The first-order chi connectivity index (χ1) is 14.1. The molecule has 1 heterocycles. The van der Waals surface area contributed by atoms with Gasteiger partial charge >= 0.3 is 0 Å². The summed E-state index contributed by atoms with van der Waals surface area (Å²) in [5.74, 6) is 2.86. The van der Waals surface area contributed by atoms with Crippen LogP contribution in [0.5, 0.6) is 5.75 Å². The summed E-state index contributed by atoms with van der Waals surface area (Å²) in [4.78, 5) is 17.1. The van der Waals surface area contributed by atoms with Gasteiger partial charge in [0, 0.05) is 23.8 Å². The molecule has 6 nitrogen and oxygen atoms in total. The molecule has 1 amide bonds. The molecule has 0 aliphatic rings. The Labute approximate surface area is 193 Å². The second-order valence-corrected chi connectivity index (χ2v) is 7.77. The van der Waals surface area contributed by atoms with Crippen molar-refractivity contribution in [1.82, 2.24) is 14.8 Å². The summed E-state index contributed by atoms with van der Waals surface area (Å²) in [5, 5.41) is 0. The number of carbonyl (C=O) groups excluding carboxylic acids is 1. The molecule has 0 saturated carbocycles. The predicted molar refractivity (Wildman–Crippen MR) is 131 cm³/mol. The van der Waals surface area contributed by atoms with Gasteiger partial charge in [0.1, 0.15) is 12.2 Å². The van der Waals surface area contributed by atoms with Gasteiger partial charge in [-0.3, -0.25) is 9.78 Å². The second kappa shape index (κ2) is 18.6. The van der Waals surface area contributed by atoms with Crippen molar-refractivity contribution in [1.29, 1.82) is 0 Å². The smallest absolute Gasteiger partial charge is 0.258 e. The average molecular weight is 547 g/mol. The van der Waals surface area contributed by atoms with Crippen LogP contribution in [0.25, 0.3) is 0 Å². The van der Waals surface area contributed by atoms with Crippen molar-refractivity contribution < 1.29 is 14.2 Å². The standard InChI is InChI=1S/C15H17IN3O3PS.C3H4.C2H6/c1-21-13-4-6-14(7-5-13)24-19(11-15(20)18-22-23-16)10-12-3-2-8-17-9-12;1-3-2;1-2/h2-9,23H,10-11H2,1H3,(H,18,20);1H,2H3;1-2H3. The van der Waals surface area contributed by atoms with Crippen molar-refractivity contribution in [3.8, 4) is 18.1 Å². The molecule has 0 aliphatic carbocycles. The lowest BCUT2D eigenvalue weighted by Crippen LogP contribution is -2.32. The maximum atomic E-state index is 12.0. The van der Waals surface area contributed by atoms with E-state index in [1.807, 2.05) is 54.6 Å². The fourth-order valence-corrected chi connectivity index (χ4v) is 3.30. The number of nitrogens with zero attached hydrogens (tertiary/aromatic N) is 2. The molecular formula is C20H27IN3O3PS. The number of hydrogen-bond donors (Lipinski definition) is 1. The quantitative estimate of drug-likeness (QED) is 0.152. The van der Waals surface area contributed by atoms with E-state index < -0.39 is 0 Å². The zero-order valence-corrected chi connectivity index (χ0v) is 21.0. The van der Waals surface area contributed by atoms with Crippen LogP contribution < -0.4 is 10.2 Å². The van der Waals surface area contributed by atoms with E-state index in [1.165, 1.54) is 11.9 Å². The molecule has 1 N–H and O–H groups in total. The van der Waals surface area contributed by atoms with Crippen molar-refractivity contribution in [3.05, 3.63) is 54.4 Å². The van der Waals surface area contributed by atoms with Gasteiger partial charge in [-0.25, -0.2) is 14.4 Å². The number of ether oxygens (including phenoxy) is 1. The summed E-state index contributed by atoms with van der Waals surface area (Å²) in [6, 6.07) is 11.6. The normalized spacial score (nSPS) is 9.69. The van der Waals surface area contributed by atoms with Gasteiger partial charge in [-0.05, 0) is 76.8 Å². The van der Waals surface area contributed by atoms with Crippen molar-refractivity contribution in [2.75, 3.05) is 13.7 Å². The number of rotatable bonds is 9. The van der Waals surface area contributed by atoms with Gasteiger partial charge in [-0.2, -0.15) is 0 Å². The number of terminal acetylenes is 1. The Morgan fingerprint density at radius 2 is 2.00 bits per heavy atom. The Hall–Kier alpha value is -1.37. The highest BCUT2D eigenvalue weighted by Gasteiger charge is 2.13. The predicted octanol–water partition coefficient (Wildman–Crippen LogP) is 5.26. The molecule has 9 heteroatoms. The molecule has 0 fully saturated rings. The topological polar surface area (TPSA) is 63.7 Å². The van der Waals surface area contributed by atoms with E-state index >= 15 is 0 Å². The van der Waals surface area contributed by atoms with Crippen molar-refractivity contribution in [2.24, 2.45) is 0 Å². The lowest BCUT2D eigenvalue weighted by atomic mass is 10.3. The minimum absolute atomic E-state index is 0.181. The Balaban J connectivity index is 0.00000143. The molecule has 1 aromatic carbocycles. The lowest BCUT2D eigenvalue weighted by molar-refractivity contribution is -0.127. The molecule has 1 unspecified atom stereocenters. The number of methoxy groups -OCH3 is 1. The number of hydroxylamine groups is 1. The summed E-state index contributed by atoms with van der Waals surface area (Å²) in [5.41, 5.74) is 3.46. The number of hydrogen-bond acceptors (Lipinski definition) is 6. The van der Waals surface area contributed by atoms with Gasteiger partial charge < -0.3 is 4.74 Å². The van der Waals surface area contributed by atoms with Gasteiger partial charge in [0.15, 0.2) is 0 Å². The zero-order chi connectivity index (χ0) is 21.9. The highest BCUT2D eigenvalue weighted by atomic mass is 127. The number of pyridine rings is 1. The summed E-state index contributed by atoms with van der Waals surface area (Å²) < 4.78 is 12.1. The molecule has 1 aromatic heterocycles. The minimum atomic E-state index is -0.191. The van der Waals surface area contributed by atoms with E-state index in [1.54, 1.807) is 26.4 Å². The van der Waals surface area contributed by atoms with E-state index in [0.717, 1.165) is 16.2 Å². The fraction of sp³-hybridized carbons (Fsp3) is 0.300. The zero-order valence-electron chi connectivity index (χ0n) is 17.0. The lowest BCUT2D eigenvalue weighted by Gasteiger charge is -2.20. The average Bonchev–Trinajstić information content (AvgIpc) is 2.75. The number of carbonyl (C=O) groups is 1. The van der Waals surface area contributed by atoms with Crippen LogP contribution in [-0.2, 0) is 16.0 Å². The molecule has 0 saturated heterocycles. The molecule has 158 valence electrons. The first kappa shape index (κ1) is 27.6. The number of halogens is 1. The molecular weight excluding hydrogens is 520 g/mol. The minimum Gasteiger partial charge on any atom is -0.497 e. The molecule has 2 rings (SSSR count). The SMILES string of the molecule is C#CC.CC.COc1ccc(SN(CC(=O)NOPI)Cc2cccnc2)cc1. The number of nitrogens with one attached hydrogen (secondary N) is 1. The fourth-order valence-electron chi connectivity index (χ4n) is 1.87. The first-order valence-corrected chi connectivity index (χ1v) is 13.6. The van der Waals surface area contributed by atoms with Gasteiger partial charge in [0.2, 0.25) is 0 Å². The second-order valence-electron chi connectivity index (χ2n) is 4.92. The van der Waals surface area contributed by atoms with Gasteiger partial charge in [-0.15, -0.1) is 12.3 Å². The third kappa shape index (κ3) is 13.5. The molecule has 2 aromatic rings. The largest absolute Gasteiger partial charge is 0.497 e. The highest BCUT2D eigenvalue weighted by Crippen LogP contribution is 2.26. The van der Waals surface area contributed by atoms with Crippen LogP contribution >= 0.6 is 40.4 Å². The van der Waals surface area contributed by atoms with Crippen molar-refractivity contribution >= 4 is 46.3 Å². The molecule has 0 aliphatic heterocycles. The van der Waals surface area contributed by atoms with Gasteiger partial charge in [-0.1, -0.05) is 19.9 Å². The van der Waals surface area contributed by atoms with Crippen LogP contribution in [0.2, 0.25) is 0 Å². The summed E-state index contributed by atoms with van der Waals surface area (Å²) in [6.07, 6.45) is 8.12. The van der Waals surface area contributed by atoms with Crippen LogP contribution in [0.3, 0.4) is 0 Å². The van der Waals surface area contributed by atoms with Crippen LogP contribution in [0.1, 0.15) is 26.3 Å². The Kier molecular flexibility index (Phi) is 17.8. The van der Waals surface area contributed by atoms with E-state index in [-0.39, 0.29) is 18.9 Å². The van der Waals surface area contributed by atoms with Crippen molar-refractivity contribution in [2.45, 2.75) is 32.2 Å². The van der Waals surface area contributed by atoms with Crippen molar-refractivity contribution in [3.63, 3.8) is 0 Å². The van der Waals surface area contributed by atoms with Gasteiger partial charge in [0.25, 0.3) is 5.91 Å². The Morgan fingerprint density at radius 3 is 2.52 bits per heavy atom.